The molecule has 0 saturated carbocycles. The van der Waals surface area contributed by atoms with E-state index in [1.807, 2.05) is 0 Å². The fourth-order valence-corrected chi connectivity index (χ4v) is 3.01. The summed E-state index contributed by atoms with van der Waals surface area (Å²) in [5.41, 5.74) is 0. The minimum absolute atomic E-state index is 0. The Morgan fingerprint density at radius 2 is 1.85 bits per heavy atom. The Hall–Kier alpha value is 1.25. The van der Waals surface area contributed by atoms with Crippen molar-refractivity contribution in [1.29, 1.82) is 0 Å². The van der Waals surface area contributed by atoms with Crippen LogP contribution in [-0.4, -0.2) is 66.3 Å². The van der Waals surface area contributed by atoms with E-state index < -0.39 is 16.6 Å². The summed E-state index contributed by atoms with van der Waals surface area (Å²) in [6.45, 7) is 3.03. The molecular formula is C4H13NaO6PSi. The van der Waals surface area contributed by atoms with E-state index >= 15 is 0 Å². The average Bonchev–Trinajstić information content (AvgIpc) is 1.78. The second-order valence-corrected chi connectivity index (χ2v) is 5.95. The van der Waals surface area contributed by atoms with Crippen molar-refractivity contribution in [3.63, 3.8) is 0 Å². The SMILES string of the molecule is CCCOP(C)(=O)O[Si](O)(O)O.[Na]. The van der Waals surface area contributed by atoms with Crippen LogP contribution in [-0.2, 0) is 13.3 Å². The molecule has 13 heavy (non-hydrogen) atoms. The fraction of sp³-hybridized carbons (Fsp3) is 1.00. The number of rotatable bonds is 5. The maximum atomic E-state index is 11.1. The van der Waals surface area contributed by atoms with E-state index in [0.29, 0.717) is 6.42 Å². The molecule has 0 aromatic carbocycles. The van der Waals surface area contributed by atoms with Crippen molar-refractivity contribution in [2.24, 2.45) is 0 Å². The van der Waals surface area contributed by atoms with Crippen molar-refractivity contribution < 1.29 is 27.7 Å². The molecule has 0 aliphatic carbocycles. The van der Waals surface area contributed by atoms with Gasteiger partial charge in [-0.05, 0) is 6.42 Å². The van der Waals surface area contributed by atoms with Crippen molar-refractivity contribution in [3.05, 3.63) is 0 Å². The van der Waals surface area contributed by atoms with Gasteiger partial charge in [0.25, 0.3) is 0 Å². The third-order valence-electron chi connectivity index (χ3n) is 0.818. The van der Waals surface area contributed by atoms with Gasteiger partial charge in [-0.1, -0.05) is 6.92 Å². The van der Waals surface area contributed by atoms with Crippen molar-refractivity contribution >= 4 is 46.2 Å². The van der Waals surface area contributed by atoms with Gasteiger partial charge < -0.3 is 18.9 Å². The molecular weight excluding hydrogens is 226 g/mol. The zero-order valence-electron chi connectivity index (χ0n) is 7.93. The zero-order chi connectivity index (χ0) is 9.83. The Balaban J connectivity index is 0. The maximum Gasteiger partial charge on any atom is 0.678 e. The Morgan fingerprint density at radius 3 is 2.15 bits per heavy atom. The van der Waals surface area contributed by atoms with Crippen molar-refractivity contribution in [2.75, 3.05) is 13.3 Å². The summed E-state index contributed by atoms with van der Waals surface area (Å²) in [5, 5.41) is 0. The van der Waals surface area contributed by atoms with Crippen LogP contribution in [0.3, 0.4) is 0 Å². The maximum absolute atomic E-state index is 11.1. The van der Waals surface area contributed by atoms with E-state index in [-0.39, 0.29) is 36.2 Å². The quantitative estimate of drug-likeness (QED) is 0.433. The minimum Gasteiger partial charge on any atom is -0.367 e. The van der Waals surface area contributed by atoms with E-state index in [4.69, 9.17) is 14.4 Å². The number of hydrogen-bond acceptors (Lipinski definition) is 6. The molecule has 0 heterocycles. The Bertz CT molecular complexity index is 182. The predicted octanol–water partition coefficient (Wildman–Crippen LogP) is -0.716. The summed E-state index contributed by atoms with van der Waals surface area (Å²) in [4.78, 5) is 25.3. The summed E-state index contributed by atoms with van der Waals surface area (Å²) < 4.78 is 19.8. The van der Waals surface area contributed by atoms with E-state index in [1.165, 1.54) is 0 Å². The third-order valence-corrected chi connectivity index (χ3v) is 3.78. The molecule has 0 saturated heterocycles. The van der Waals surface area contributed by atoms with Crippen LogP contribution in [0.1, 0.15) is 13.3 Å². The van der Waals surface area contributed by atoms with Crippen LogP contribution in [0, 0.1) is 0 Å². The summed E-state index contributed by atoms with van der Waals surface area (Å²) in [5.74, 6) is 0. The second kappa shape index (κ2) is 6.68. The molecule has 3 N–H and O–H groups in total. The molecule has 6 nitrogen and oxygen atoms in total. The summed E-state index contributed by atoms with van der Waals surface area (Å²) in [7, 11) is -8.25. The Labute approximate surface area is 100 Å². The van der Waals surface area contributed by atoms with E-state index in [9.17, 15) is 4.57 Å². The Kier molecular flexibility index (Phi) is 8.56. The summed E-state index contributed by atoms with van der Waals surface area (Å²) in [6, 6.07) is 0. The van der Waals surface area contributed by atoms with Gasteiger partial charge in [0.2, 0.25) is 0 Å². The summed E-state index contributed by atoms with van der Waals surface area (Å²) in [6.07, 6.45) is 0.623. The first-order chi connectivity index (χ1) is 5.27. The molecule has 0 aromatic rings. The molecule has 1 radical (unpaired) electrons. The van der Waals surface area contributed by atoms with Crippen LogP contribution >= 0.6 is 7.60 Å². The standard InChI is InChI=1S/C4H13O6PSi.Na/c1-3-4-9-11(2,5)10-12(6,7)8;/h6-8H,3-4H2,1-2H3;. The van der Waals surface area contributed by atoms with Gasteiger partial charge in [-0.3, -0.25) is 8.78 Å². The van der Waals surface area contributed by atoms with Crippen LogP contribution in [0.15, 0.2) is 0 Å². The van der Waals surface area contributed by atoms with Gasteiger partial charge in [-0.2, -0.15) is 0 Å². The molecule has 0 spiro atoms. The largest absolute Gasteiger partial charge is 0.678 e. The van der Waals surface area contributed by atoms with Gasteiger partial charge in [0.05, 0.1) is 6.61 Å². The van der Waals surface area contributed by atoms with Gasteiger partial charge in [-0.25, -0.2) is 0 Å². The van der Waals surface area contributed by atoms with Gasteiger partial charge in [0.1, 0.15) is 0 Å². The van der Waals surface area contributed by atoms with E-state index in [0.717, 1.165) is 6.66 Å². The van der Waals surface area contributed by atoms with Gasteiger partial charge >= 0.3 is 16.6 Å². The molecule has 0 aromatic heterocycles. The topological polar surface area (TPSA) is 96.2 Å². The van der Waals surface area contributed by atoms with Crippen LogP contribution < -0.4 is 0 Å². The van der Waals surface area contributed by atoms with Crippen LogP contribution in [0.5, 0.6) is 0 Å². The fourth-order valence-electron chi connectivity index (χ4n) is 0.506. The molecule has 0 aliphatic rings. The first-order valence-electron chi connectivity index (χ1n) is 3.37. The van der Waals surface area contributed by atoms with Crippen LogP contribution in [0.2, 0.25) is 0 Å². The molecule has 0 aliphatic heterocycles. The molecule has 0 amide bonds. The zero-order valence-corrected chi connectivity index (χ0v) is 11.8. The van der Waals surface area contributed by atoms with E-state index in [1.54, 1.807) is 6.92 Å². The van der Waals surface area contributed by atoms with Gasteiger partial charge in [-0.15, -0.1) is 0 Å². The monoisotopic (exact) mass is 239 g/mol. The van der Waals surface area contributed by atoms with Gasteiger partial charge in [0.15, 0.2) is 0 Å². The normalized spacial score (nSPS) is 16.1. The molecule has 9 heteroatoms. The average molecular weight is 239 g/mol. The van der Waals surface area contributed by atoms with Crippen LogP contribution in [0.4, 0.5) is 0 Å². The Morgan fingerprint density at radius 1 is 1.38 bits per heavy atom. The van der Waals surface area contributed by atoms with Crippen LogP contribution in [0.25, 0.3) is 0 Å². The first kappa shape index (κ1) is 16.7. The van der Waals surface area contributed by atoms with E-state index in [2.05, 4.69) is 8.74 Å². The first-order valence-corrected chi connectivity index (χ1v) is 7.11. The van der Waals surface area contributed by atoms with Crippen molar-refractivity contribution in [2.45, 2.75) is 13.3 Å². The van der Waals surface area contributed by atoms with Gasteiger partial charge in [0, 0.05) is 36.2 Å². The smallest absolute Gasteiger partial charge is 0.367 e. The van der Waals surface area contributed by atoms with Crippen molar-refractivity contribution in [1.82, 2.24) is 0 Å². The summed E-state index contributed by atoms with van der Waals surface area (Å²) >= 11 is 0. The molecule has 0 rings (SSSR count). The molecule has 0 fully saturated rings. The third kappa shape index (κ3) is 11.2. The van der Waals surface area contributed by atoms with Crippen molar-refractivity contribution in [3.8, 4) is 0 Å². The minimum atomic E-state index is -4.73. The molecule has 75 valence electrons. The number of hydrogen-bond donors (Lipinski definition) is 3. The second-order valence-electron chi connectivity index (χ2n) is 2.27. The molecule has 0 bridgehead atoms. The molecule has 1 unspecified atom stereocenters. The predicted molar refractivity (Wildman–Crippen MR) is 49.0 cm³/mol. The molecule has 1 atom stereocenters.